The maximum absolute atomic E-state index is 13.0. The van der Waals surface area contributed by atoms with E-state index in [1.165, 1.54) is 18.2 Å². The van der Waals surface area contributed by atoms with Crippen LogP contribution >= 0.6 is 15.9 Å². The second kappa shape index (κ2) is 7.74. The first-order chi connectivity index (χ1) is 12.0. The maximum Gasteiger partial charge on any atom is 0.258 e. The molecule has 1 N–H and O–H groups in total. The minimum Gasteiger partial charge on any atom is -0.486 e. The van der Waals surface area contributed by atoms with E-state index in [-0.39, 0.29) is 24.4 Å². The lowest BCUT2D eigenvalue weighted by Crippen LogP contribution is -2.31. The van der Waals surface area contributed by atoms with Crippen molar-refractivity contribution in [3.8, 4) is 17.2 Å². The van der Waals surface area contributed by atoms with Crippen molar-refractivity contribution in [3.05, 3.63) is 52.3 Å². The van der Waals surface area contributed by atoms with Crippen LogP contribution in [-0.2, 0) is 4.79 Å². The Morgan fingerprint density at radius 3 is 2.76 bits per heavy atom. The number of halogens is 2. The molecule has 1 unspecified atom stereocenters. The van der Waals surface area contributed by atoms with E-state index in [1.807, 2.05) is 25.1 Å². The number of hydrogen-bond acceptors (Lipinski definition) is 4. The third-order valence-electron chi connectivity index (χ3n) is 3.70. The van der Waals surface area contributed by atoms with E-state index in [9.17, 15) is 9.18 Å². The van der Waals surface area contributed by atoms with E-state index in [0.29, 0.717) is 34.9 Å². The van der Waals surface area contributed by atoms with E-state index in [2.05, 4.69) is 21.2 Å². The normalized spacial score (nSPS) is 13.9. The zero-order chi connectivity index (χ0) is 17.8. The zero-order valence-electron chi connectivity index (χ0n) is 13.6. The van der Waals surface area contributed by atoms with Crippen molar-refractivity contribution >= 4 is 21.8 Å². The Bertz CT molecular complexity index is 784. The van der Waals surface area contributed by atoms with Crippen LogP contribution in [0.15, 0.2) is 40.9 Å². The molecule has 0 bridgehead atoms. The number of ether oxygens (including phenoxy) is 3. The highest BCUT2D eigenvalue weighted by molar-refractivity contribution is 9.10. The van der Waals surface area contributed by atoms with Crippen LogP contribution in [-0.4, -0.2) is 25.7 Å². The molecule has 0 aliphatic carbocycles. The van der Waals surface area contributed by atoms with Gasteiger partial charge in [-0.05, 0) is 58.7 Å². The molecule has 132 valence electrons. The highest BCUT2D eigenvalue weighted by Crippen LogP contribution is 2.32. The van der Waals surface area contributed by atoms with Crippen LogP contribution in [0, 0.1) is 5.82 Å². The molecule has 0 radical (unpaired) electrons. The third kappa shape index (κ3) is 4.42. The average Bonchev–Trinajstić information content (AvgIpc) is 2.60. The number of rotatable bonds is 5. The van der Waals surface area contributed by atoms with Crippen LogP contribution in [0.2, 0.25) is 0 Å². The highest BCUT2D eigenvalue weighted by Gasteiger charge is 2.16. The highest BCUT2D eigenvalue weighted by atomic mass is 79.9. The van der Waals surface area contributed by atoms with Crippen molar-refractivity contribution in [1.29, 1.82) is 0 Å². The van der Waals surface area contributed by atoms with E-state index in [0.717, 1.165) is 5.56 Å². The molecule has 0 saturated heterocycles. The first kappa shape index (κ1) is 17.5. The van der Waals surface area contributed by atoms with Gasteiger partial charge in [0.25, 0.3) is 5.91 Å². The molecule has 1 amide bonds. The van der Waals surface area contributed by atoms with Crippen LogP contribution in [0.5, 0.6) is 17.2 Å². The largest absolute Gasteiger partial charge is 0.486 e. The van der Waals surface area contributed by atoms with Gasteiger partial charge in [0.05, 0.1) is 10.5 Å². The van der Waals surface area contributed by atoms with Gasteiger partial charge in [0.1, 0.15) is 24.8 Å². The molecule has 0 fully saturated rings. The number of hydrogen-bond donors (Lipinski definition) is 1. The van der Waals surface area contributed by atoms with Crippen molar-refractivity contribution in [2.24, 2.45) is 0 Å². The summed E-state index contributed by atoms with van der Waals surface area (Å²) in [6.45, 7) is 2.75. The monoisotopic (exact) mass is 409 g/mol. The molecule has 0 spiro atoms. The SMILES string of the molecule is CC(NC(=O)COc1ccc(F)cc1Br)c1ccc2c(c1)OCCO2. The predicted molar refractivity (Wildman–Crippen MR) is 93.6 cm³/mol. The number of fused-ring (bicyclic) bond motifs is 1. The quantitative estimate of drug-likeness (QED) is 0.819. The summed E-state index contributed by atoms with van der Waals surface area (Å²) >= 11 is 3.20. The minimum atomic E-state index is -0.379. The van der Waals surface area contributed by atoms with Gasteiger partial charge < -0.3 is 19.5 Å². The number of amides is 1. The zero-order valence-corrected chi connectivity index (χ0v) is 15.1. The standard InChI is InChI=1S/C18H17BrFNO4/c1-11(12-2-4-16-17(8-12)24-7-6-23-16)21-18(22)10-25-15-5-3-13(20)9-14(15)19/h2-5,8-9,11H,6-7,10H2,1H3,(H,21,22). The van der Waals surface area contributed by atoms with Crippen molar-refractivity contribution in [3.63, 3.8) is 0 Å². The van der Waals surface area contributed by atoms with Crippen molar-refractivity contribution in [2.75, 3.05) is 19.8 Å². The molecule has 1 aliphatic rings. The Kier molecular flexibility index (Phi) is 5.43. The first-order valence-electron chi connectivity index (χ1n) is 7.79. The molecule has 2 aromatic rings. The summed E-state index contributed by atoms with van der Waals surface area (Å²) in [6.07, 6.45) is 0. The third-order valence-corrected chi connectivity index (χ3v) is 4.32. The Hall–Kier alpha value is -2.28. The van der Waals surface area contributed by atoms with Gasteiger partial charge in [0.15, 0.2) is 18.1 Å². The fraction of sp³-hybridized carbons (Fsp3) is 0.278. The maximum atomic E-state index is 13.0. The van der Waals surface area contributed by atoms with Crippen molar-refractivity contribution in [2.45, 2.75) is 13.0 Å². The molecule has 3 rings (SSSR count). The van der Waals surface area contributed by atoms with Gasteiger partial charge in [-0.2, -0.15) is 0 Å². The van der Waals surface area contributed by atoms with Gasteiger partial charge in [-0.3, -0.25) is 4.79 Å². The summed E-state index contributed by atoms with van der Waals surface area (Å²) in [6, 6.07) is 9.38. The summed E-state index contributed by atoms with van der Waals surface area (Å²) in [5, 5.41) is 2.85. The molecular weight excluding hydrogens is 393 g/mol. The fourth-order valence-corrected chi connectivity index (χ4v) is 2.90. The Balaban J connectivity index is 1.57. The fourth-order valence-electron chi connectivity index (χ4n) is 2.43. The van der Waals surface area contributed by atoms with E-state index in [4.69, 9.17) is 14.2 Å². The summed E-state index contributed by atoms with van der Waals surface area (Å²) in [7, 11) is 0. The number of benzene rings is 2. The average molecular weight is 410 g/mol. The second-order valence-corrected chi connectivity index (χ2v) is 6.41. The molecule has 7 heteroatoms. The smallest absolute Gasteiger partial charge is 0.258 e. The molecule has 0 saturated carbocycles. The summed E-state index contributed by atoms with van der Waals surface area (Å²) < 4.78 is 29.9. The van der Waals surface area contributed by atoms with Gasteiger partial charge >= 0.3 is 0 Å². The van der Waals surface area contributed by atoms with Gasteiger partial charge in [-0.25, -0.2) is 4.39 Å². The lowest BCUT2D eigenvalue weighted by molar-refractivity contribution is -0.123. The Labute approximate surface area is 153 Å². The number of carbonyl (C=O) groups excluding carboxylic acids is 1. The van der Waals surface area contributed by atoms with Gasteiger partial charge in [-0.1, -0.05) is 6.07 Å². The molecule has 5 nitrogen and oxygen atoms in total. The van der Waals surface area contributed by atoms with Gasteiger partial charge in [-0.15, -0.1) is 0 Å². The topological polar surface area (TPSA) is 56.8 Å². The molecule has 2 aromatic carbocycles. The van der Waals surface area contributed by atoms with Crippen LogP contribution < -0.4 is 19.5 Å². The van der Waals surface area contributed by atoms with Crippen LogP contribution in [0.25, 0.3) is 0 Å². The second-order valence-electron chi connectivity index (χ2n) is 5.56. The van der Waals surface area contributed by atoms with Crippen LogP contribution in [0.3, 0.4) is 0 Å². The minimum absolute atomic E-state index is 0.168. The molecule has 1 heterocycles. The first-order valence-corrected chi connectivity index (χ1v) is 8.59. The number of nitrogens with one attached hydrogen (secondary N) is 1. The van der Waals surface area contributed by atoms with E-state index >= 15 is 0 Å². The van der Waals surface area contributed by atoms with E-state index in [1.54, 1.807) is 0 Å². The summed E-state index contributed by atoms with van der Waals surface area (Å²) in [4.78, 5) is 12.1. The Morgan fingerprint density at radius 1 is 1.24 bits per heavy atom. The number of carbonyl (C=O) groups is 1. The summed E-state index contributed by atoms with van der Waals surface area (Å²) in [5.41, 5.74) is 0.903. The van der Waals surface area contributed by atoms with Gasteiger partial charge in [0, 0.05) is 0 Å². The molecule has 1 aliphatic heterocycles. The Morgan fingerprint density at radius 2 is 2.00 bits per heavy atom. The molecular formula is C18H17BrFNO4. The molecule has 1 atom stereocenters. The van der Waals surface area contributed by atoms with Crippen molar-refractivity contribution < 1.29 is 23.4 Å². The molecule has 25 heavy (non-hydrogen) atoms. The van der Waals surface area contributed by atoms with Gasteiger partial charge in [0.2, 0.25) is 0 Å². The predicted octanol–water partition coefficient (Wildman–Crippen LogP) is 3.62. The summed E-state index contributed by atoms with van der Waals surface area (Å²) in [5.74, 6) is 1.13. The van der Waals surface area contributed by atoms with E-state index < -0.39 is 0 Å². The van der Waals surface area contributed by atoms with Crippen LogP contribution in [0.1, 0.15) is 18.5 Å². The lowest BCUT2D eigenvalue weighted by Gasteiger charge is -2.21. The lowest BCUT2D eigenvalue weighted by atomic mass is 10.1. The van der Waals surface area contributed by atoms with Crippen LogP contribution in [0.4, 0.5) is 4.39 Å². The van der Waals surface area contributed by atoms with Crippen molar-refractivity contribution in [1.82, 2.24) is 5.32 Å². The molecule has 0 aromatic heterocycles.